The third-order valence-corrected chi connectivity index (χ3v) is 7.88. The minimum atomic E-state index is -0.573. The Hall–Kier alpha value is -3.95. The Morgan fingerprint density at radius 3 is 2.28 bits per heavy atom. The van der Waals surface area contributed by atoms with Crippen molar-refractivity contribution in [1.82, 2.24) is 5.32 Å². The molecule has 4 aromatic carbocycles. The Morgan fingerprint density at radius 2 is 1.56 bits per heavy atom. The summed E-state index contributed by atoms with van der Waals surface area (Å²) in [5.74, 6) is -0.805. The van der Waals surface area contributed by atoms with Crippen molar-refractivity contribution in [3.05, 3.63) is 123 Å². The molecule has 3 N–H and O–H groups in total. The van der Waals surface area contributed by atoms with Crippen molar-refractivity contribution >= 4 is 81.7 Å². The zero-order chi connectivity index (χ0) is 30.9. The number of hydrogen-bond donors (Lipinski definition) is 3. The van der Waals surface area contributed by atoms with E-state index in [0.717, 1.165) is 4.90 Å². The second kappa shape index (κ2) is 15.0. The Morgan fingerprint density at radius 1 is 0.837 bits per heavy atom. The number of carbonyl (C=O) groups excluding carboxylic acids is 3. The van der Waals surface area contributed by atoms with E-state index in [9.17, 15) is 14.4 Å². The second-order valence-electron chi connectivity index (χ2n) is 9.12. The molecule has 0 heterocycles. The molecular formula is C32H26Cl3N3O4S. The maximum Gasteiger partial charge on any atom is 0.272 e. The second-order valence-corrected chi connectivity index (χ2v) is 11.8. The molecule has 3 amide bonds. The van der Waals surface area contributed by atoms with Gasteiger partial charge in [-0.25, -0.2) is 0 Å². The van der Waals surface area contributed by atoms with Crippen LogP contribution in [0.25, 0.3) is 6.08 Å². The Kier molecular flexibility index (Phi) is 11.1. The quantitative estimate of drug-likeness (QED) is 0.118. The van der Waals surface area contributed by atoms with Gasteiger partial charge in [-0.1, -0.05) is 65.1 Å². The maximum absolute atomic E-state index is 13.4. The smallest absolute Gasteiger partial charge is 0.272 e. The number of nitrogens with one attached hydrogen (secondary N) is 3. The number of methoxy groups -OCH3 is 1. The summed E-state index contributed by atoms with van der Waals surface area (Å²) in [5.41, 5.74) is 1.76. The normalized spacial score (nSPS) is 11.8. The number of halogens is 3. The van der Waals surface area contributed by atoms with Crippen molar-refractivity contribution in [3.8, 4) is 5.75 Å². The van der Waals surface area contributed by atoms with Gasteiger partial charge in [0.25, 0.3) is 11.8 Å². The van der Waals surface area contributed by atoms with Crippen LogP contribution >= 0.6 is 46.6 Å². The van der Waals surface area contributed by atoms with Gasteiger partial charge in [-0.2, -0.15) is 0 Å². The van der Waals surface area contributed by atoms with Gasteiger partial charge in [0.05, 0.1) is 18.0 Å². The fourth-order valence-corrected chi connectivity index (χ4v) is 5.39. The molecule has 0 bridgehead atoms. The van der Waals surface area contributed by atoms with Crippen molar-refractivity contribution < 1.29 is 19.1 Å². The molecule has 0 aliphatic heterocycles. The van der Waals surface area contributed by atoms with E-state index in [1.54, 1.807) is 91.9 Å². The van der Waals surface area contributed by atoms with E-state index in [1.165, 1.54) is 24.9 Å². The highest BCUT2D eigenvalue weighted by molar-refractivity contribution is 8.00. The molecule has 4 aromatic rings. The third-order valence-electron chi connectivity index (χ3n) is 5.98. The SMILES string of the molecule is COc1ccc(Cl)cc1NC(=O)C(C)Sc1cccc(NC(=O)/C(=C\c2ccc(Cl)cc2Cl)NC(=O)c2ccccc2)c1. The highest BCUT2D eigenvalue weighted by atomic mass is 35.5. The summed E-state index contributed by atoms with van der Waals surface area (Å²) in [6.07, 6.45) is 1.48. The fourth-order valence-electron chi connectivity index (χ4n) is 3.83. The lowest BCUT2D eigenvalue weighted by Gasteiger charge is -2.15. The van der Waals surface area contributed by atoms with E-state index in [0.29, 0.717) is 43.3 Å². The molecule has 0 radical (unpaired) electrons. The Labute approximate surface area is 268 Å². The van der Waals surface area contributed by atoms with Crippen molar-refractivity contribution in [3.63, 3.8) is 0 Å². The minimum absolute atomic E-state index is 0.0284. The molecule has 0 aromatic heterocycles. The molecule has 1 atom stereocenters. The number of hydrogen-bond acceptors (Lipinski definition) is 5. The van der Waals surface area contributed by atoms with Crippen LogP contribution in [0.4, 0.5) is 11.4 Å². The minimum Gasteiger partial charge on any atom is -0.495 e. The van der Waals surface area contributed by atoms with E-state index in [-0.39, 0.29) is 11.6 Å². The molecule has 0 aliphatic carbocycles. The van der Waals surface area contributed by atoms with Crippen LogP contribution in [0.5, 0.6) is 5.75 Å². The zero-order valence-corrected chi connectivity index (χ0v) is 26.1. The van der Waals surface area contributed by atoms with Gasteiger partial charge in [0.15, 0.2) is 0 Å². The molecular weight excluding hydrogens is 629 g/mol. The van der Waals surface area contributed by atoms with E-state index >= 15 is 0 Å². The first-order valence-corrected chi connectivity index (χ1v) is 14.9. The molecule has 43 heavy (non-hydrogen) atoms. The molecule has 0 fully saturated rings. The summed E-state index contributed by atoms with van der Waals surface area (Å²) in [5, 5.41) is 9.06. The van der Waals surface area contributed by atoms with Gasteiger partial charge in [-0.05, 0) is 79.2 Å². The van der Waals surface area contributed by atoms with Crippen LogP contribution in [-0.4, -0.2) is 30.1 Å². The molecule has 0 saturated carbocycles. The van der Waals surface area contributed by atoms with E-state index in [1.807, 2.05) is 6.07 Å². The van der Waals surface area contributed by atoms with Crippen LogP contribution in [0.3, 0.4) is 0 Å². The topological polar surface area (TPSA) is 96.5 Å². The zero-order valence-electron chi connectivity index (χ0n) is 23.0. The standard InChI is InChI=1S/C32H26Cl3N3O4S/c1-19(30(39)37-27-17-23(34)13-14-29(27)42-2)43-25-10-6-9-24(18-25)36-32(41)28(15-21-11-12-22(33)16-26(21)35)38-31(40)20-7-4-3-5-8-20/h3-19H,1-2H3,(H,36,41)(H,37,39)(H,38,40)/b28-15+. The predicted octanol–water partition coefficient (Wildman–Crippen LogP) is 8.18. The van der Waals surface area contributed by atoms with Gasteiger partial charge in [0.2, 0.25) is 5.91 Å². The largest absolute Gasteiger partial charge is 0.495 e. The number of ether oxygens (including phenoxy) is 1. The summed E-state index contributed by atoms with van der Waals surface area (Å²) < 4.78 is 5.31. The maximum atomic E-state index is 13.4. The Balaban J connectivity index is 1.50. The summed E-state index contributed by atoms with van der Waals surface area (Å²) in [7, 11) is 1.51. The van der Waals surface area contributed by atoms with Gasteiger partial charge in [0, 0.05) is 31.2 Å². The molecule has 0 saturated heterocycles. The van der Waals surface area contributed by atoms with E-state index in [2.05, 4.69) is 16.0 Å². The molecule has 220 valence electrons. The van der Waals surface area contributed by atoms with Crippen LogP contribution in [0.1, 0.15) is 22.8 Å². The fraction of sp³-hybridized carbons (Fsp3) is 0.0938. The van der Waals surface area contributed by atoms with Crippen LogP contribution in [0.15, 0.2) is 102 Å². The molecule has 0 aliphatic rings. The Bertz CT molecular complexity index is 1680. The molecule has 1 unspecified atom stereocenters. The number of amides is 3. The van der Waals surface area contributed by atoms with Crippen LogP contribution < -0.4 is 20.7 Å². The number of benzene rings is 4. The van der Waals surface area contributed by atoms with Crippen molar-refractivity contribution in [1.29, 1.82) is 0 Å². The van der Waals surface area contributed by atoms with Gasteiger partial charge in [0.1, 0.15) is 11.4 Å². The van der Waals surface area contributed by atoms with Crippen molar-refractivity contribution in [2.24, 2.45) is 0 Å². The van der Waals surface area contributed by atoms with Crippen molar-refractivity contribution in [2.75, 3.05) is 17.7 Å². The first-order chi connectivity index (χ1) is 20.6. The molecule has 0 spiro atoms. The van der Waals surface area contributed by atoms with E-state index < -0.39 is 17.1 Å². The number of rotatable bonds is 10. The van der Waals surface area contributed by atoms with Gasteiger partial charge < -0.3 is 20.7 Å². The van der Waals surface area contributed by atoms with Crippen LogP contribution in [-0.2, 0) is 9.59 Å². The van der Waals surface area contributed by atoms with Gasteiger partial charge >= 0.3 is 0 Å². The summed E-state index contributed by atoms with van der Waals surface area (Å²) in [6.45, 7) is 1.76. The predicted molar refractivity (Wildman–Crippen MR) is 175 cm³/mol. The lowest BCUT2D eigenvalue weighted by Crippen LogP contribution is -2.30. The third kappa shape index (κ3) is 9.02. The van der Waals surface area contributed by atoms with E-state index in [4.69, 9.17) is 39.5 Å². The first-order valence-electron chi connectivity index (χ1n) is 12.9. The van der Waals surface area contributed by atoms with Crippen LogP contribution in [0.2, 0.25) is 15.1 Å². The van der Waals surface area contributed by atoms with Crippen molar-refractivity contribution in [2.45, 2.75) is 17.1 Å². The number of anilines is 2. The molecule has 7 nitrogen and oxygen atoms in total. The molecule has 11 heteroatoms. The average Bonchev–Trinajstić information content (AvgIpc) is 2.98. The average molecular weight is 655 g/mol. The lowest BCUT2D eigenvalue weighted by molar-refractivity contribution is -0.115. The first kappa shape index (κ1) is 32.0. The highest BCUT2D eigenvalue weighted by Gasteiger charge is 2.19. The highest BCUT2D eigenvalue weighted by Crippen LogP contribution is 2.31. The lowest BCUT2D eigenvalue weighted by atomic mass is 10.1. The van der Waals surface area contributed by atoms with Crippen LogP contribution in [0, 0.1) is 0 Å². The summed E-state index contributed by atoms with van der Waals surface area (Å²) in [4.78, 5) is 40.0. The number of carbonyl (C=O) groups is 3. The number of thioether (sulfide) groups is 1. The van der Waals surface area contributed by atoms with Gasteiger partial charge in [-0.3, -0.25) is 14.4 Å². The van der Waals surface area contributed by atoms with Gasteiger partial charge in [-0.15, -0.1) is 11.8 Å². The monoisotopic (exact) mass is 653 g/mol. The molecule has 4 rings (SSSR count). The summed E-state index contributed by atoms with van der Waals surface area (Å²) in [6, 6.07) is 25.3. The summed E-state index contributed by atoms with van der Waals surface area (Å²) >= 11 is 19.7.